The van der Waals surface area contributed by atoms with Crippen LogP contribution < -0.4 is 5.32 Å². The van der Waals surface area contributed by atoms with Gasteiger partial charge < -0.3 is 10.1 Å². The van der Waals surface area contributed by atoms with Gasteiger partial charge in [-0.25, -0.2) is 0 Å². The molecule has 0 spiro atoms. The largest absolute Gasteiger partial charge is 0.374 e. The van der Waals surface area contributed by atoms with Crippen LogP contribution in [0.25, 0.3) is 0 Å². The predicted molar refractivity (Wildman–Crippen MR) is 58.5 cm³/mol. The number of ether oxygens (including phenoxy) is 1. The van der Waals surface area contributed by atoms with Crippen molar-refractivity contribution in [2.24, 2.45) is 0 Å². The first-order valence-corrected chi connectivity index (χ1v) is 6.22. The number of hydrogen-bond donors (Lipinski definition) is 1. The van der Waals surface area contributed by atoms with Crippen LogP contribution in [0.5, 0.6) is 0 Å². The maximum atomic E-state index is 6.06. The van der Waals surface area contributed by atoms with Crippen LogP contribution in [0.15, 0.2) is 0 Å². The molecule has 0 radical (unpaired) electrons. The fourth-order valence-electron chi connectivity index (χ4n) is 2.33. The van der Waals surface area contributed by atoms with Crippen molar-refractivity contribution in [3.8, 4) is 0 Å². The number of nitrogens with one attached hydrogen (secondary N) is 1. The van der Waals surface area contributed by atoms with Gasteiger partial charge in [-0.15, -0.1) is 0 Å². The van der Waals surface area contributed by atoms with E-state index in [0.717, 1.165) is 25.6 Å². The molecular weight excluding hydrogens is 174 g/mol. The molecule has 2 aliphatic carbocycles. The molecule has 0 heterocycles. The maximum absolute atomic E-state index is 6.06. The lowest BCUT2D eigenvalue weighted by molar-refractivity contribution is -0.0392. The molecule has 2 heteroatoms. The summed E-state index contributed by atoms with van der Waals surface area (Å²) in [5, 5.41) is 3.62. The SMILES string of the molecule is CCCOC1(CNC2CC2)CCCC1. The molecule has 0 atom stereocenters. The lowest BCUT2D eigenvalue weighted by atomic mass is 10.0. The molecule has 2 saturated carbocycles. The van der Waals surface area contributed by atoms with Crippen molar-refractivity contribution in [2.75, 3.05) is 13.2 Å². The Hall–Kier alpha value is -0.0800. The second kappa shape index (κ2) is 4.63. The Morgan fingerprint density at radius 2 is 2.00 bits per heavy atom. The van der Waals surface area contributed by atoms with E-state index in [0.29, 0.717) is 0 Å². The van der Waals surface area contributed by atoms with Gasteiger partial charge in [0, 0.05) is 19.2 Å². The molecule has 82 valence electrons. The van der Waals surface area contributed by atoms with Gasteiger partial charge in [0.2, 0.25) is 0 Å². The van der Waals surface area contributed by atoms with Gasteiger partial charge in [0.1, 0.15) is 0 Å². The average Bonchev–Trinajstić information content (AvgIpc) is 2.93. The average molecular weight is 197 g/mol. The van der Waals surface area contributed by atoms with Gasteiger partial charge in [0.05, 0.1) is 5.60 Å². The quantitative estimate of drug-likeness (QED) is 0.706. The molecule has 0 aliphatic heterocycles. The third-order valence-corrected chi connectivity index (χ3v) is 3.42. The molecule has 0 aromatic carbocycles. The van der Waals surface area contributed by atoms with Crippen LogP contribution in [0.3, 0.4) is 0 Å². The van der Waals surface area contributed by atoms with Gasteiger partial charge >= 0.3 is 0 Å². The zero-order chi connectivity index (χ0) is 9.86. The Balaban J connectivity index is 1.77. The van der Waals surface area contributed by atoms with Crippen LogP contribution >= 0.6 is 0 Å². The standard InChI is InChI=1S/C12H23NO/c1-2-9-14-12(7-3-4-8-12)10-13-11-5-6-11/h11,13H,2-10H2,1H3. The Morgan fingerprint density at radius 1 is 1.29 bits per heavy atom. The van der Waals surface area contributed by atoms with Crippen molar-refractivity contribution >= 4 is 0 Å². The minimum Gasteiger partial charge on any atom is -0.374 e. The van der Waals surface area contributed by atoms with E-state index in [2.05, 4.69) is 12.2 Å². The molecule has 0 aromatic heterocycles. The maximum Gasteiger partial charge on any atom is 0.0806 e. The highest BCUT2D eigenvalue weighted by Gasteiger charge is 2.36. The first-order valence-electron chi connectivity index (χ1n) is 6.22. The topological polar surface area (TPSA) is 21.3 Å². The van der Waals surface area contributed by atoms with E-state index in [9.17, 15) is 0 Å². The van der Waals surface area contributed by atoms with Crippen molar-refractivity contribution in [1.82, 2.24) is 5.32 Å². The van der Waals surface area contributed by atoms with Crippen LogP contribution in [-0.4, -0.2) is 24.8 Å². The fraction of sp³-hybridized carbons (Fsp3) is 1.00. The molecule has 2 nitrogen and oxygen atoms in total. The highest BCUT2D eigenvalue weighted by molar-refractivity contribution is 4.92. The van der Waals surface area contributed by atoms with Gasteiger partial charge in [-0.05, 0) is 32.1 Å². The third kappa shape index (κ3) is 2.71. The van der Waals surface area contributed by atoms with Crippen LogP contribution in [0, 0.1) is 0 Å². The molecule has 0 bridgehead atoms. The Kier molecular flexibility index (Phi) is 3.45. The van der Waals surface area contributed by atoms with Crippen molar-refractivity contribution in [1.29, 1.82) is 0 Å². The molecule has 0 unspecified atom stereocenters. The summed E-state index contributed by atoms with van der Waals surface area (Å²) in [7, 11) is 0. The minimum atomic E-state index is 0.207. The van der Waals surface area contributed by atoms with Gasteiger partial charge in [-0.2, -0.15) is 0 Å². The second-order valence-electron chi connectivity index (χ2n) is 4.89. The molecular formula is C12H23NO. The van der Waals surface area contributed by atoms with Gasteiger partial charge in [-0.1, -0.05) is 19.8 Å². The van der Waals surface area contributed by atoms with Crippen molar-refractivity contribution in [3.63, 3.8) is 0 Å². The zero-order valence-electron chi connectivity index (χ0n) is 9.35. The summed E-state index contributed by atoms with van der Waals surface area (Å²) in [5.74, 6) is 0. The Labute approximate surface area is 87.4 Å². The lowest BCUT2D eigenvalue weighted by Crippen LogP contribution is -2.41. The zero-order valence-corrected chi connectivity index (χ0v) is 9.35. The summed E-state index contributed by atoms with van der Waals surface area (Å²) < 4.78 is 6.06. The second-order valence-corrected chi connectivity index (χ2v) is 4.89. The summed E-state index contributed by atoms with van der Waals surface area (Å²) in [5.41, 5.74) is 0.207. The fourth-order valence-corrected chi connectivity index (χ4v) is 2.33. The number of hydrogen-bond acceptors (Lipinski definition) is 2. The molecule has 0 saturated heterocycles. The van der Waals surface area contributed by atoms with Gasteiger partial charge in [0.25, 0.3) is 0 Å². The normalized spacial score (nSPS) is 25.5. The van der Waals surface area contributed by atoms with Crippen molar-refractivity contribution < 1.29 is 4.74 Å². The predicted octanol–water partition coefficient (Wildman–Crippen LogP) is 2.48. The van der Waals surface area contributed by atoms with E-state index in [1.54, 1.807) is 0 Å². The Bertz CT molecular complexity index is 171. The molecule has 2 fully saturated rings. The van der Waals surface area contributed by atoms with Gasteiger partial charge in [-0.3, -0.25) is 0 Å². The summed E-state index contributed by atoms with van der Waals surface area (Å²) >= 11 is 0. The van der Waals surface area contributed by atoms with Crippen LogP contribution in [0.2, 0.25) is 0 Å². The van der Waals surface area contributed by atoms with Crippen molar-refractivity contribution in [3.05, 3.63) is 0 Å². The summed E-state index contributed by atoms with van der Waals surface area (Å²) in [4.78, 5) is 0. The first kappa shape index (κ1) is 10.4. The third-order valence-electron chi connectivity index (χ3n) is 3.42. The molecule has 1 N–H and O–H groups in total. The monoisotopic (exact) mass is 197 g/mol. The smallest absolute Gasteiger partial charge is 0.0806 e. The van der Waals surface area contributed by atoms with Crippen molar-refractivity contribution in [2.45, 2.75) is 63.5 Å². The molecule has 14 heavy (non-hydrogen) atoms. The van der Waals surface area contributed by atoms with E-state index in [4.69, 9.17) is 4.74 Å². The van der Waals surface area contributed by atoms with E-state index >= 15 is 0 Å². The Morgan fingerprint density at radius 3 is 2.57 bits per heavy atom. The highest BCUT2D eigenvalue weighted by Crippen LogP contribution is 2.33. The summed E-state index contributed by atoms with van der Waals surface area (Å²) in [6.07, 6.45) is 9.16. The van der Waals surface area contributed by atoms with E-state index in [1.807, 2.05) is 0 Å². The first-order chi connectivity index (χ1) is 6.85. The molecule has 0 aromatic rings. The molecule has 2 aliphatic rings. The summed E-state index contributed by atoms with van der Waals surface area (Å²) in [6, 6.07) is 0.817. The summed E-state index contributed by atoms with van der Waals surface area (Å²) in [6.45, 7) is 4.22. The molecule has 0 amide bonds. The lowest BCUT2D eigenvalue weighted by Gasteiger charge is -2.29. The van der Waals surface area contributed by atoms with E-state index < -0.39 is 0 Å². The van der Waals surface area contributed by atoms with Gasteiger partial charge in [0.15, 0.2) is 0 Å². The van der Waals surface area contributed by atoms with E-state index in [-0.39, 0.29) is 5.60 Å². The number of rotatable bonds is 6. The van der Waals surface area contributed by atoms with E-state index in [1.165, 1.54) is 38.5 Å². The minimum absolute atomic E-state index is 0.207. The molecule has 2 rings (SSSR count). The van der Waals surface area contributed by atoms with Crippen LogP contribution in [0.4, 0.5) is 0 Å². The highest BCUT2D eigenvalue weighted by atomic mass is 16.5. The van der Waals surface area contributed by atoms with Crippen LogP contribution in [0.1, 0.15) is 51.9 Å². The van der Waals surface area contributed by atoms with Crippen LogP contribution in [-0.2, 0) is 4.74 Å².